The minimum Gasteiger partial charge on any atom is -0.497 e. The monoisotopic (exact) mass is 424 g/mol. The second-order valence-corrected chi connectivity index (χ2v) is 7.95. The molecule has 1 heterocycles. The maximum absolute atomic E-state index is 12.1. The Hall–Kier alpha value is -2.92. The molecule has 0 aliphatic heterocycles. The lowest BCUT2D eigenvalue weighted by Crippen LogP contribution is -2.32. The quantitative estimate of drug-likeness (QED) is 0.574. The van der Waals surface area contributed by atoms with E-state index in [0.29, 0.717) is 17.3 Å². The van der Waals surface area contributed by atoms with E-state index >= 15 is 0 Å². The van der Waals surface area contributed by atoms with Gasteiger partial charge >= 0.3 is 5.97 Å². The largest absolute Gasteiger partial charge is 0.497 e. The molecule has 2 aromatic rings. The molecule has 0 bridgehead atoms. The summed E-state index contributed by atoms with van der Waals surface area (Å²) < 4.78 is 38.2. The highest BCUT2D eigenvalue weighted by molar-refractivity contribution is 7.89. The van der Waals surface area contributed by atoms with Gasteiger partial charge in [-0.1, -0.05) is 0 Å². The molecule has 0 spiro atoms. The van der Waals surface area contributed by atoms with E-state index in [2.05, 4.69) is 15.0 Å². The number of benzene rings is 1. The molecule has 1 atom stereocenters. The van der Waals surface area contributed by atoms with Gasteiger partial charge in [0.05, 0.1) is 13.5 Å². The molecule has 1 aromatic carbocycles. The zero-order chi connectivity index (χ0) is 21.6. The summed E-state index contributed by atoms with van der Waals surface area (Å²) in [6.45, 7) is 2.93. The van der Waals surface area contributed by atoms with Gasteiger partial charge in [-0.25, -0.2) is 18.1 Å². The van der Waals surface area contributed by atoms with E-state index in [0.717, 1.165) is 0 Å². The number of nitrogens with one attached hydrogen (secondary N) is 2. The minimum atomic E-state index is -3.83. The fourth-order valence-corrected chi connectivity index (χ4v) is 3.31. The third kappa shape index (κ3) is 6.29. The molecule has 0 fully saturated rings. The Morgan fingerprint density at radius 3 is 2.45 bits per heavy atom. The standard InChI is InChI=1S/C18H24N4O6S/c1-12(18(24)21-14-5-7-15(27-4)8-6-14)28-17(23)9-10-19-29(25,26)16-11-22(3)13(2)20-16/h5-8,11-12,19H,9-10H2,1-4H3,(H,21,24). The van der Waals surface area contributed by atoms with E-state index in [9.17, 15) is 18.0 Å². The number of rotatable bonds is 9. The first-order valence-electron chi connectivity index (χ1n) is 8.76. The Labute approximate surface area is 169 Å². The van der Waals surface area contributed by atoms with Crippen molar-refractivity contribution in [2.24, 2.45) is 7.05 Å². The fraction of sp³-hybridized carbons (Fsp3) is 0.389. The van der Waals surface area contributed by atoms with Crippen molar-refractivity contribution in [1.29, 1.82) is 0 Å². The summed E-state index contributed by atoms with van der Waals surface area (Å²) in [4.78, 5) is 28.0. The van der Waals surface area contributed by atoms with Crippen LogP contribution in [0.25, 0.3) is 0 Å². The average molecular weight is 424 g/mol. The van der Waals surface area contributed by atoms with Crippen LogP contribution in [0.2, 0.25) is 0 Å². The summed E-state index contributed by atoms with van der Waals surface area (Å²) in [6.07, 6.45) is 0.104. The van der Waals surface area contributed by atoms with Gasteiger partial charge in [-0.3, -0.25) is 9.59 Å². The van der Waals surface area contributed by atoms with Gasteiger partial charge < -0.3 is 19.4 Å². The third-order valence-electron chi connectivity index (χ3n) is 4.02. The van der Waals surface area contributed by atoms with E-state index < -0.39 is 28.0 Å². The number of hydrogen-bond acceptors (Lipinski definition) is 7. The molecule has 158 valence electrons. The number of ether oxygens (including phenoxy) is 2. The highest BCUT2D eigenvalue weighted by Gasteiger charge is 2.21. The third-order valence-corrected chi connectivity index (χ3v) is 5.35. The number of methoxy groups -OCH3 is 1. The van der Waals surface area contributed by atoms with E-state index in [1.165, 1.54) is 20.2 Å². The van der Waals surface area contributed by atoms with Crippen LogP contribution in [0, 0.1) is 6.92 Å². The highest BCUT2D eigenvalue weighted by atomic mass is 32.2. The Morgan fingerprint density at radius 1 is 1.24 bits per heavy atom. The summed E-state index contributed by atoms with van der Waals surface area (Å²) in [7, 11) is -0.616. The van der Waals surface area contributed by atoms with Gasteiger partial charge in [0.15, 0.2) is 11.1 Å². The van der Waals surface area contributed by atoms with Gasteiger partial charge in [0, 0.05) is 25.5 Å². The lowest BCUT2D eigenvalue weighted by Gasteiger charge is -2.14. The predicted molar refractivity (Wildman–Crippen MR) is 105 cm³/mol. The first-order valence-corrected chi connectivity index (χ1v) is 10.2. The SMILES string of the molecule is COc1ccc(NC(=O)C(C)OC(=O)CCNS(=O)(=O)c2cn(C)c(C)n2)cc1. The Bertz CT molecular complexity index is 949. The van der Waals surface area contributed by atoms with Gasteiger partial charge in [-0.2, -0.15) is 0 Å². The summed E-state index contributed by atoms with van der Waals surface area (Å²) >= 11 is 0. The number of amides is 1. The van der Waals surface area contributed by atoms with Crippen LogP contribution in [-0.2, 0) is 31.4 Å². The second kappa shape index (κ2) is 9.52. The van der Waals surface area contributed by atoms with Crippen molar-refractivity contribution in [3.8, 4) is 5.75 Å². The van der Waals surface area contributed by atoms with E-state index in [4.69, 9.17) is 9.47 Å². The van der Waals surface area contributed by atoms with Gasteiger partial charge in [0.1, 0.15) is 11.6 Å². The first kappa shape index (κ1) is 22.4. The molecular formula is C18H24N4O6S. The van der Waals surface area contributed by atoms with Gasteiger partial charge in [-0.05, 0) is 38.1 Å². The van der Waals surface area contributed by atoms with Crippen LogP contribution in [0.4, 0.5) is 5.69 Å². The van der Waals surface area contributed by atoms with Crippen LogP contribution >= 0.6 is 0 Å². The summed E-state index contributed by atoms with van der Waals surface area (Å²) in [5, 5.41) is 2.49. The van der Waals surface area contributed by atoms with Gasteiger partial charge in [-0.15, -0.1) is 0 Å². The van der Waals surface area contributed by atoms with Crippen LogP contribution in [0.5, 0.6) is 5.75 Å². The number of hydrogen-bond donors (Lipinski definition) is 2. The molecule has 11 heteroatoms. The molecule has 0 saturated carbocycles. The fourth-order valence-electron chi connectivity index (χ4n) is 2.25. The molecule has 29 heavy (non-hydrogen) atoms. The maximum atomic E-state index is 12.1. The number of aryl methyl sites for hydroxylation is 2. The Balaban J connectivity index is 1.79. The minimum absolute atomic E-state index is 0.127. The summed E-state index contributed by atoms with van der Waals surface area (Å²) in [5.41, 5.74) is 0.525. The molecule has 0 saturated heterocycles. The van der Waals surface area contributed by atoms with Gasteiger partial charge in [0.25, 0.3) is 15.9 Å². The van der Waals surface area contributed by atoms with Crippen molar-refractivity contribution in [2.75, 3.05) is 19.0 Å². The lowest BCUT2D eigenvalue weighted by molar-refractivity contribution is -0.152. The number of anilines is 1. The molecule has 0 radical (unpaired) electrons. The molecule has 0 aliphatic rings. The molecule has 10 nitrogen and oxygen atoms in total. The number of carbonyl (C=O) groups is 2. The number of nitrogens with zero attached hydrogens (tertiary/aromatic N) is 2. The number of esters is 1. The molecule has 1 unspecified atom stereocenters. The highest BCUT2D eigenvalue weighted by Crippen LogP contribution is 2.15. The Morgan fingerprint density at radius 2 is 1.90 bits per heavy atom. The number of carbonyl (C=O) groups excluding carboxylic acids is 2. The average Bonchev–Trinajstić information content (AvgIpc) is 3.01. The first-order chi connectivity index (χ1) is 13.6. The van der Waals surface area contributed by atoms with Crippen molar-refractivity contribution in [1.82, 2.24) is 14.3 Å². The molecule has 1 aromatic heterocycles. The molecule has 0 aliphatic carbocycles. The van der Waals surface area contributed by atoms with E-state index in [1.807, 2.05) is 0 Å². The van der Waals surface area contributed by atoms with Crippen LogP contribution in [0.3, 0.4) is 0 Å². The topological polar surface area (TPSA) is 129 Å². The zero-order valence-electron chi connectivity index (χ0n) is 16.6. The predicted octanol–water partition coefficient (Wildman–Crippen LogP) is 0.976. The summed E-state index contributed by atoms with van der Waals surface area (Å²) in [5.74, 6) is -0.0254. The van der Waals surface area contributed by atoms with Crippen molar-refractivity contribution < 1.29 is 27.5 Å². The van der Waals surface area contributed by atoms with Crippen LogP contribution < -0.4 is 14.8 Å². The van der Waals surface area contributed by atoms with Gasteiger partial charge in [0.2, 0.25) is 0 Å². The normalized spacial score (nSPS) is 12.3. The molecular weight excluding hydrogens is 400 g/mol. The molecule has 2 N–H and O–H groups in total. The maximum Gasteiger partial charge on any atom is 0.307 e. The lowest BCUT2D eigenvalue weighted by atomic mass is 10.3. The van der Waals surface area contributed by atoms with Crippen molar-refractivity contribution in [2.45, 2.75) is 31.4 Å². The number of imidazole rings is 1. The van der Waals surface area contributed by atoms with E-state index in [1.54, 1.807) is 42.8 Å². The zero-order valence-corrected chi connectivity index (χ0v) is 17.4. The smallest absolute Gasteiger partial charge is 0.307 e. The molecule has 1 amide bonds. The Kier molecular flexibility index (Phi) is 7.35. The van der Waals surface area contributed by atoms with E-state index in [-0.39, 0.29) is 18.0 Å². The van der Waals surface area contributed by atoms with Crippen LogP contribution in [0.1, 0.15) is 19.2 Å². The number of aromatic nitrogens is 2. The van der Waals surface area contributed by atoms with Crippen LogP contribution in [-0.4, -0.2) is 49.6 Å². The number of sulfonamides is 1. The van der Waals surface area contributed by atoms with Crippen molar-refractivity contribution >= 4 is 27.6 Å². The second-order valence-electron chi connectivity index (χ2n) is 6.23. The van der Waals surface area contributed by atoms with Crippen molar-refractivity contribution in [3.05, 3.63) is 36.3 Å². The molecule has 2 rings (SSSR count). The summed E-state index contributed by atoms with van der Waals surface area (Å²) in [6, 6.07) is 6.67. The van der Waals surface area contributed by atoms with Crippen LogP contribution in [0.15, 0.2) is 35.5 Å². The van der Waals surface area contributed by atoms with Crippen molar-refractivity contribution in [3.63, 3.8) is 0 Å².